The van der Waals surface area contributed by atoms with Crippen LogP contribution in [-0.2, 0) is 0 Å². The Kier molecular flexibility index (Phi) is 5.26. The number of nitrogens with zero attached hydrogens (tertiary/aromatic N) is 1. The molecule has 0 saturated heterocycles. The highest BCUT2D eigenvalue weighted by molar-refractivity contribution is 9.10. The lowest BCUT2D eigenvalue weighted by Crippen LogP contribution is -2.25. The molecule has 2 nitrogen and oxygen atoms in total. The first-order valence-corrected chi connectivity index (χ1v) is 7.52. The fourth-order valence-corrected chi connectivity index (χ4v) is 2.79. The maximum absolute atomic E-state index is 14.3. The third-order valence-electron chi connectivity index (χ3n) is 3.28. The van der Waals surface area contributed by atoms with Crippen molar-refractivity contribution in [3.05, 3.63) is 63.6 Å². The van der Waals surface area contributed by atoms with Crippen LogP contribution in [0.15, 0.2) is 41.1 Å². The average molecular weight is 337 g/mol. The second kappa shape index (κ2) is 6.95. The zero-order valence-electron chi connectivity index (χ0n) is 11.7. The van der Waals surface area contributed by atoms with E-state index in [1.54, 1.807) is 12.3 Å². The number of benzene rings is 1. The number of rotatable bonds is 5. The number of hydrogen-bond donors (Lipinski definition) is 1. The molecule has 2 rings (SSSR count). The second-order valence-electron chi connectivity index (χ2n) is 4.75. The Labute approximate surface area is 127 Å². The molecule has 106 valence electrons. The van der Waals surface area contributed by atoms with Gasteiger partial charge in [0.25, 0.3) is 0 Å². The second-order valence-corrected chi connectivity index (χ2v) is 5.61. The molecule has 0 aliphatic carbocycles. The van der Waals surface area contributed by atoms with Gasteiger partial charge >= 0.3 is 0 Å². The van der Waals surface area contributed by atoms with E-state index < -0.39 is 0 Å². The number of hydrogen-bond acceptors (Lipinski definition) is 2. The van der Waals surface area contributed by atoms with Crippen molar-refractivity contribution < 1.29 is 4.39 Å². The van der Waals surface area contributed by atoms with Crippen LogP contribution in [0.2, 0.25) is 0 Å². The zero-order chi connectivity index (χ0) is 14.5. The molecule has 1 heterocycles. The molecule has 2 aromatic rings. The van der Waals surface area contributed by atoms with Crippen LogP contribution >= 0.6 is 15.9 Å². The molecule has 1 unspecified atom stereocenters. The standard InChI is InChI=1S/C16H18BrFN2/c1-3-8-20-16(12-10-19-9-7-11(12)2)15-13(17)5-4-6-14(15)18/h4-7,9-10,16,20H,3,8H2,1-2H3. The zero-order valence-corrected chi connectivity index (χ0v) is 13.2. The van der Waals surface area contributed by atoms with Crippen molar-refractivity contribution in [3.63, 3.8) is 0 Å². The molecule has 0 spiro atoms. The summed E-state index contributed by atoms with van der Waals surface area (Å²) in [5.41, 5.74) is 2.74. The maximum Gasteiger partial charge on any atom is 0.129 e. The van der Waals surface area contributed by atoms with Crippen LogP contribution in [0.4, 0.5) is 4.39 Å². The smallest absolute Gasteiger partial charge is 0.129 e. The van der Waals surface area contributed by atoms with Gasteiger partial charge in [0.15, 0.2) is 0 Å². The van der Waals surface area contributed by atoms with Crippen molar-refractivity contribution in [2.75, 3.05) is 6.54 Å². The van der Waals surface area contributed by atoms with E-state index >= 15 is 0 Å². The molecule has 20 heavy (non-hydrogen) atoms. The van der Waals surface area contributed by atoms with Crippen LogP contribution in [0, 0.1) is 12.7 Å². The highest BCUT2D eigenvalue weighted by Crippen LogP contribution is 2.32. The van der Waals surface area contributed by atoms with Gasteiger partial charge in [0, 0.05) is 22.4 Å². The van der Waals surface area contributed by atoms with Crippen LogP contribution in [0.3, 0.4) is 0 Å². The average Bonchev–Trinajstić information content (AvgIpc) is 2.43. The molecule has 0 bridgehead atoms. The van der Waals surface area contributed by atoms with Gasteiger partial charge in [-0.1, -0.05) is 28.9 Å². The highest BCUT2D eigenvalue weighted by atomic mass is 79.9. The number of aromatic nitrogens is 1. The van der Waals surface area contributed by atoms with Crippen LogP contribution in [0.5, 0.6) is 0 Å². The van der Waals surface area contributed by atoms with E-state index in [1.165, 1.54) is 6.07 Å². The third-order valence-corrected chi connectivity index (χ3v) is 3.97. The summed E-state index contributed by atoms with van der Waals surface area (Å²) in [6.07, 6.45) is 4.55. The van der Waals surface area contributed by atoms with Crippen LogP contribution in [0.1, 0.15) is 36.1 Å². The third kappa shape index (κ3) is 3.25. The summed E-state index contributed by atoms with van der Waals surface area (Å²) >= 11 is 3.46. The molecule has 1 N–H and O–H groups in total. The van der Waals surface area contributed by atoms with E-state index in [0.717, 1.165) is 28.6 Å². The minimum absolute atomic E-state index is 0.195. The van der Waals surface area contributed by atoms with E-state index in [4.69, 9.17) is 0 Å². The molecule has 1 aromatic heterocycles. The molecule has 0 aliphatic rings. The Bertz CT molecular complexity index is 566. The SMILES string of the molecule is CCCNC(c1cnccc1C)c1c(F)cccc1Br. The maximum atomic E-state index is 14.3. The summed E-state index contributed by atoms with van der Waals surface area (Å²) in [6.45, 7) is 4.93. The molecule has 1 aromatic carbocycles. The van der Waals surface area contributed by atoms with Gasteiger partial charge < -0.3 is 5.32 Å². The Morgan fingerprint density at radius 1 is 1.35 bits per heavy atom. The van der Waals surface area contributed by atoms with Crippen molar-refractivity contribution in [2.24, 2.45) is 0 Å². The largest absolute Gasteiger partial charge is 0.306 e. The summed E-state index contributed by atoms with van der Waals surface area (Å²) in [4.78, 5) is 4.18. The fraction of sp³-hybridized carbons (Fsp3) is 0.312. The molecule has 0 radical (unpaired) electrons. The van der Waals surface area contributed by atoms with Gasteiger partial charge in [-0.3, -0.25) is 4.98 Å². The Balaban J connectivity index is 2.50. The summed E-state index contributed by atoms with van der Waals surface area (Å²) in [5.74, 6) is -0.212. The lowest BCUT2D eigenvalue weighted by Gasteiger charge is -2.22. The number of pyridine rings is 1. The first kappa shape index (κ1) is 15.1. The minimum Gasteiger partial charge on any atom is -0.306 e. The van der Waals surface area contributed by atoms with Gasteiger partial charge in [-0.2, -0.15) is 0 Å². The van der Waals surface area contributed by atoms with Gasteiger partial charge in [-0.15, -0.1) is 0 Å². The van der Waals surface area contributed by atoms with E-state index in [-0.39, 0.29) is 11.9 Å². The van der Waals surface area contributed by atoms with E-state index in [1.807, 2.05) is 25.3 Å². The molecule has 0 saturated carbocycles. The first-order chi connectivity index (χ1) is 9.65. The number of nitrogens with one attached hydrogen (secondary N) is 1. The molecular formula is C16H18BrFN2. The summed E-state index contributed by atoms with van der Waals surface area (Å²) in [5, 5.41) is 3.41. The monoisotopic (exact) mass is 336 g/mol. The molecule has 4 heteroatoms. The molecule has 0 amide bonds. The van der Waals surface area contributed by atoms with E-state index in [0.29, 0.717) is 5.56 Å². The Hall–Kier alpha value is -1.26. The van der Waals surface area contributed by atoms with Crippen molar-refractivity contribution >= 4 is 15.9 Å². The van der Waals surface area contributed by atoms with Gasteiger partial charge in [-0.25, -0.2) is 4.39 Å². The van der Waals surface area contributed by atoms with Crippen LogP contribution in [0.25, 0.3) is 0 Å². The summed E-state index contributed by atoms with van der Waals surface area (Å²) < 4.78 is 15.0. The highest BCUT2D eigenvalue weighted by Gasteiger charge is 2.21. The number of aryl methyl sites for hydroxylation is 1. The van der Waals surface area contributed by atoms with Crippen molar-refractivity contribution in [2.45, 2.75) is 26.3 Å². The predicted molar refractivity (Wildman–Crippen MR) is 83.2 cm³/mol. The van der Waals surface area contributed by atoms with Crippen molar-refractivity contribution in [1.29, 1.82) is 0 Å². The van der Waals surface area contributed by atoms with E-state index in [9.17, 15) is 4.39 Å². The lowest BCUT2D eigenvalue weighted by atomic mass is 9.96. The lowest BCUT2D eigenvalue weighted by molar-refractivity contribution is 0.542. The molecular weight excluding hydrogens is 319 g/mol. The minimum atomic E-state index is -0.212. The van der Waals surface area contributed by atoms with Crippen LogP contribution in [-0.4, -0.2) is 11.5 Å². The predicted octanol–water partition coefficient (Wildman–Crippen LogP) is 4.38. The number of halogens is 2. The normalized spacial score (nSPS) is 12.4. The van der Waals surface area contributed by atoms with Crippen LogP contribution < -0.4 is 5.32 Å². The van der Waals surface area contributed by atoms with Gasteiger partial charge in [0.05, 0.1) is 6.04 Å². The van der Waals surface area contributed by atoms with Gasteiger partial charge in [0.2, 0.25) is 0 Å². The van der Waals surface area contributed by atoms with E-state index in [2.05, 4.69) is 33.2 Å². The summed E-state index contributed by atoms with van der Waals surface area (Å²) in [7, 11) is 0. The fourth-order valence-electron chi connectivity index (χ4n) is 2.22. The first-order valence-electron chi connectivity index (χ1n) is 6.73. The molecule has 1 atom stereocenters. The topological polar surface area (TPSA) is 24.9 Å². The Morgan fingerprint density at radius 3 is 2.80 bits per heavy atom. The molecule has 0 aliphatic heterocycles. The quantitative estimate of drug-likeness (QED) is 0.876. The van der Waals surface area contributed by atoms with Gasteiger partial charge in [-0.05, 0) is 49.2 Å². The Morgan fingerprint density at radius 2 is 2.15 bits per heavy atom. The van der Waals surface area contributed by atoms with Crippen molar-refractivity contribution in [1.82, 2.24) is 10.3 Å². The van der Waals surface area contributed by atoms with Gasteiger partial charge in [0.1, 0.15) is 5.82 Å². The summed E-state index contributed by atoms with van der Waals surface area (Å²) in [6, 6.07) is 6.82. The van der Waals surface area contributed by atoms with Crippen molar-refractivity contribution in [3.8, 4) is 0 Å². The molecule has 0 fully saturated rings.